The van der Waals surface area contributed by atoms with E-state index in [-0.39, 0.29) is 18.4 Å². The van der Waals surface area contributed by atoms with E-state index in [1.165, 1.54) is 13.1 Å². The fraction of sp³-hybridized carbons (Fsp3) is 0.636. The third-order valence-corrected chi connectivity index (χ3v) is 7.87. The molecule has 2 N–H and O–H groups in total. The highest BCUT2D eigenvalue weighted by molar-refractivity contribution is 7.54. The molecule has 1 aliphatic rings. The fourth-order valence-electron chi connectivity index (χ4n) is 3.88. The molecule has 1 aromatic heterocycles. The van der Waals surface area contributed by atoms with Gasteiger partial charge in [-0.1, -0.05) is 4.68 Å². The highest BCUT2D eigenvalue weighted by atomic mass is 31.2. The predicted molar refractivity (Wildman–Crippen MR) is 142 cm³/mol. The Morgan fingerprint density at radius 1 is 1.02 bits per heavy atom. The SMILES string of the molecule is COC(=O)CC(NP(=O)(NC(CC(=O)OC)C(=O)OC)OC[C@@H]1CC[C@H](n2cc(C)c(=O)n(N=[N+]=[N-])c2=O)O1)C(=O)OC. The molecular weight excluding hydrogens is 601 g/mol. The molecule has 2 unspecified atom stereocenters. The summed E-state index contributed by atoms with van der Waals surface area (Å²) in [5.74, 6) is -3.81. The molecule has 0 aromatic carbocycles. The van der Waals surface area contributed by atoms with Crippen molar-refractivity contribution in [2.75, 3.05) is 35.0 Å². The van der Waals surface area contributed by atoms with Gasteiger partial charge in [0, 0.05) is 6.20 Å². The second-order valence-electron chi connectivity index (χ2n) is 8.91. The molecule has 0 spiro atoms. The lowest BCUT2D eigenvalue weighted by Crippen LogP contribution is -2.46. The van der Waals surface area contributed by atoms with Gasteiger partial charge in [-0.25, -0.2) is 19.8 Å². The summed E-state index contributed by atoms with van der Waals surface area (Å²) < 4.78 is 45.3. The zero-order chi connectivity index (χ0) is 32.3. The number of ether oxygens (including phenoxy) is 5. The summed E-state index contributed by atoms with van der Waals surface area (Å²) in [5.41, 5.74) is 7.03. The number of nitrogens with one attached hydrogen (secondary N) is 2. The largest absolute Gasteiger partial charge is 0.469 e. The molecule has 1 saturated heterocycles. The molecule has 2 heterocycles. The molecule has 0 radical (unpaired) electrons. The monoisotopic (exact) mass is 633 g/mol. The van der Waals surface area contributed by atoms with Crippen LogP contribution in [0.5, 0.6) is 0 Å². The molecule has 1 fully saturated rings. The minimum absolute atomic E-state index is 0.0899. The van der Waals surface area contributed by atoms with Crippen LogP contribution in [0.3, 0.4) is 0 Å². The smallest absolute Gasteiger partial charge is 0.428 e. The highest BCUT2D eigenvalue weighted by Crippen LogP contribution is 2.41. The number of carbonyl (C=O) groups excluding carboxylic acids is 4. The van der Waals surface area contributed by atoms with Gasteiger partial charge in [0.1, 0.15) is 18.3 Å². The van der Waals surface area contributed by atoms with Crippen LogP contribution in [0.25, 0.3) is 10.4 Å². The fourth-order valence-corrected chi connectivity index (χ4v) is 5.69. The lowest BCUT2D eigenvalue weighted by Gasteiger charge is -2.28. The normalized spacial score (nSPS) is 18.8. The maximum absolute atomic E-state index is 14.0. The van der Waals surface area contributed by atoms with Crippen LogP contribution in [0, 0.1) is 6.92 Å². The third-order valence-electron chi connectivity index (χ3n) is 6.05. The first-order valence-corrected chi connectivity index (χ1v) is 14.1. The van der Waals surface area contributed by atoms with Crippen molar-refractivity contribution in [1.82, 2.24) is 19.4 Å². The van der Waals surface area contributed by atoms with Gasteiger partial charge in [0.2, 0.25) is 0 Å². The maximum Gasteiger partial charge on any atom is 0.428 e. The molecule has 21 heteroatoms. The lowest BCUT2D eigenvalue weighted by molar-refractivity contribution is -0.149. The number of aryl methyl sites for hydroxylation is 1. The van der Waals surface area contributed by atoms with Gasteiger partial charge in [0.25, 0.3) is 0 Å². The van der Waals surface area contributed by atoms with Crippen molar-refractivity contribution in [3.8, 4) is 0 Å². The minimum atomic E-state index is -4.55. The number of hydrogen-bond donors (Lipinski definition) is 2. The average Bonchev–Trinajstić information content (AvgIpc) is 3.47. The first-order chi connectivity index (χ1) is 20.3. The summed E-state index contributed by atoms with van der Waals surface area (Å²) >= 11 is 0. The van der Waals surface area contributed by atoms with E-state index in [9.17, 15) is 33.3 Å². The third kappa shape index (κ3) is 9.47. The number of aromatic nitrogens is 2. The van der Waals surface area contributed by atoms with E-state index < -0.39 is 86.7 Å². The maximum atomic E-state index is 14.0. The van der Waals surface area contributed by atoms with Crippen LogP contribution in [0.2, 0.25) is 0 Å². The second-order valence-corrected chi connectivity index (χ2v) is 10.8. The van der Waals surface area contributed by atoms with Crippen molar-refractivity contribution >= 4 is 31.5 Å². The predicted octanol–water partition coefficient (Wildman–Crippen LogP) is -0.417. The van der Waals surface area contributed by atoms with Crippen molar-refractivity contribution in [2.24, 2.45) is 5.22 Å². The topological polar surface area (TPSA) is 258 Å². The van der Waals surface area contributed by atoms with E-state index in [2.05, 4.69) is 39.3 Å². The number of rotatable bonds is 15. The summed E-state index contributed by atoms with van der Waals surface area (Å²) in [6.45, 7) is 0.943. The first kappa shape index (κ1) is 35.1. The average molecular weight is 634 g/mol. The van der Waals surface area contributed by atoms with Crippen LogP contribution in [-0.2, 0) is 52.0 Å². The Balaban J connectivity index is 2.35. The molecule has 2 rings (SSSR count). The van der Waals surface area contributed by atoms with Crippen molar-refractivity contribution in [2.45, 2.75) is 57.0 Å². The van der Waals surface area contributed by atoms with Gasteiger partial charge in [-0.15, -0.1) is 5.53 Å². The number of azide groups is 1. The Labute approximate surface area is 243 Å². The summed E-state index contributed by atoms with van der Waals surface area (Å²) in [6.07, 6.45) is -1.38. The van der Waals surface area contributed by atoms with Gasteiger partial charge in [-0.2, -0.15) is 4.91 Å². The van der Waals surface area contributed by atoms with E-state index in [1.807, 2.05) is 0 Å². The van der Waals surface area contributed by atoms with Crippen LogP contribution in [-0.4, -0.2) is 86.4 Å². The molecule has 43 heavy (non-hydrogen) atoms. The summed E-state index contributed by atoms with van der Waals surface area (Å²) in [6, 6.07) is -3.18. The second kappa shape index (κ2) is 16.0. The summed E-state index contributed by atoms with van der Waals surface area (Å²) in [7, 11) is -0.389. The molecule has 0 amide bonds. The minimum Gasteiger partial charge on any atom is -0.469 e. The van der Waals surface area contributed by atoms with E-state index in [4.69, 9.17) is 14.8 Å². The van der Waals surface area contributed by atoms with Crippen LogP contribution in [0.4, 0.5) is 0 Å². The number of nitrogens with zero attached hydrogens (tertiary/aromatic N) is 5. The lowest BCUT2D eigenvalue weighted by atomic mass is 10.2. The zero-order valence-corrected chi connectivity index (χ0v) is 24.8. The van der Waals surface area contributed by atoms with Gasteiger partial charge in [-0.05, 0) is 25.0 Å². The first-order valence-electron chi connectivity index (χ1n) is 12.5. The molecule has 0 bridgehead atoms. The van der Waals surface area contributed by atoms with E-state index in [0.29, 0.717) is 4.68 Å². The zero-order valence-electron chi connectivity index (χ0n) is 23.9. The Kier molecular flexibility index (Phi) is 13.0. The molecule has 1 aliphatic heterocycles. The molecule has 4 atom stereocenters. The number of methoxy groups -OCH3 is 4. The van der Waals surface area contributed by atoms with E-state index >= 15 is 0 Å². The Morgan fingerprint density at radius 3 is 2.02 bits per heavy atom. The van der Waals surface area contributed by atoms with Gasteiger partial charge < -0.3 is 28.2 Å². The molecule has 1 aromatic rings. The number of hydrogen-bond acceptors (Lipinski definition) is 14. The van der Waals surface area contributed by atoms with Gasteiger partial charge in [-0.3, -0.25) is 28.3 Å². The Bertz CT molecular complexity index is 1380. The van der Waals surface area contributed by atoms with Crippen LogP contribution >= 0.6 is 7.67 Å². The number of esters is 4. The highest BCUT2D eigenvalue weighted by Gasteiger charge is 2.39. The van der Waals surface area contributed by atoms with Gasteiger partial charge in [0.15, 0.2) is 0 Å². The summed E-state index contributed by atoms with van der Waals surface area (Å²) in [4.78, 5) is 76.0. The number of carbonyl (C=O) groups is 4. The standard InChI is InChI=1S/C22H32N7O13P/c1-12-10-28(22(35)29(19(12)32)27-26-23)16-7-6-13(42-16)11-41-43(36,24-14(20(33)39-4)8-17(30)37-2)25-15(21(34)40-5)9-18(31)38-3/h10,13-16H,6-9,11H2,1-5H3,(H2,24,25,36)/t13-,14?,15?,16+,43?/m0/s1. The van der Waals surface area contributed by atoms with E-state index in [0.717, 1.165) is 33.0 Å². The van der Waals surface area contributed by atoms with Crippen molar-refractivity contribution in [3.05, 3.63) is 43.0 Å². The van der Waals surface area contributed by atoms with Crippen molar-refractivity contribution in [3.63, 3.8) is 0 Å². The van der Waals surface area contributed by atoms with E-state index in [1.54, 1.807) is 0 Å². The van der Waals surface area contributed by atoms with Crippen LogP contribution < -0.4 is 21.4 Å². The molecule has 20 nitrogen and oxygen atoms in total. The Hall–Kier alpha value is -4.06. The van der Waals surface area contributed by atoms with Crippen molar-refractivity contribution in [1.29, 1.82) is 0 Å². The molecule has 238 valence electrons. The molecular formula is C22H32N7O13P. The quantitative estimate of drug-likeness (QED) is 0.0621. The molecule has 0 aliphatic carbocycles. The molecule has 0 saturated carbocycles. The summed E-state index contributed by atoms with van der Waals surface area (Å²) in [5, 5.41) is 7.81. The Morgan fingerprint density at radius 2 is 1.56 bits per heavy atom. The van der Waals surface area contributed by atoms with Crippen LogP contribution in [0.1, 0.15) is 37.5 Å². The van der Waals surface area contributed by atoms with Gasteiger partial charge >= 0.3 is 42.8 Å². The van der Waals surface area contributed by atoms with Crippen LogP contribution in [0.15, 0.2) is 21.0 Å². The van der Waals surface area contributed by atoms with Crippen molar-refractivity contribution < 1.29 is 52.0 Å². The van der Waals surface area contributed by atoms with Gasteiger partial charge in [0.05, 0.1) is 59.6 Å².